The highest BCUT2D eigenvalue weighted by Crippen LogP contribution is 2.04. The third-order valence-corrected chi connectivity index (χ3v) is 1.75. The fraction of sp³-hybridized carbons (Fsp3) is 0.571. The molecule has 0 aliphatic heterocycles. The van der Waals surface area contributed by atoms with Crippen LogP contribution in [0.3, 0.4) is 0 Å². The lowest BCUT2D eigenvalue weighted by molar-refractivity contribution is 0.0457. The van der Waals surface area contributed by atoms with Crippen molar-refractivity contribution in [1.82, 2.24) is 10.2 Å². The van der Waals surface area contributed by atoms with Gasteiger partial charge in [0, 0.05) is 0 Å². The van der Waals surface area contributed by atoms with E-state index in [-0.39, 0.29) is 5.97 Å². The molecule has 0 aliphatic rings. The molecule has 0 aromatic carbocycles. The van der Waals surface area contributed by atoms with E-state index in [1.165, 1.54) is 16.8 Å². The Labute approximate surface area is 74.6 Å². The SMILES string of the molecule is CC(C)COC(=O)c1nncs1. The van der Waals surface area contributed by atoms with E-state index in [9.17, 15) is 4.79 Å². The standard InChI is InChI=1S/C7H10N2O2S/c1-5(2)3-11-7(10)6-9-8-4-12-6/h4-5H,3H2,1-2H3. The van der Waals surface area contributed by atoms with Crippen molar-refractivity contribution in [2.45, 2.75) is 13.8 Å². The average molecular weight is 186 g/mol. The van der Waals surface area contributed by atoms with Crippen LogP contribution in [0.4, 0.5) is 0 Å². The minimum Gasteiger partial charge on any atom is -0.460 e. The number of ether oxygens (including phenoxy) is 1. The van der Waals surface area contributed by atoms with Crippen molar-refractivity contribution in [2.24, 2.45) is 5.92 Å². The lowest BCUT2D eigenvalue weighted by Gasteiger charge is -2.03. The zero-order valence-corrected chi connectivity index (χ0v) is 7.80. The van der Waals surface area contributed by atoms with E-state index in [1.54, 1.807) is 0 Å². The van der Waals surface area contributed by atoms with Crippen molar-refractivity contribution in [3.05, 3.63) is 10.5 Å². The molecule has 1 rings (SSSR count). The van der Waals surface area contributed by atoms with Gasteiger partial charge in [0.25, 0.3) is 0 Å². The summed E-state index contributed by atoms with van der Waals surface area (Å²) in [5, 5.41) is 7.44. The Hall–Kier alpha value is -0.970. The Morgan fingerprint density at radius 1 is 1.75 bits per heavy atom. The second-order valence-electron chi connectivity index (χ2n) is 2.74. The van der Waals surface area contributed by atoms with Gasteiger partial charge in [-0.1, -0.05) is 25.2 Å². The maximum atomic E-state index is 11.1. The maximum absolute atomic E-state index is 11.1. The summed E-state index contributed by atoms with van der Waals surface area (Å²) in [5.74, 6) is -0.0342. The number of hydrogen-bond acceptors (Lipinski definition) is 5. The number of carbonyl (C=O) groups excluding carboxylic acids is 1. The summed E-state index contributed by atoms with van der Waals surface area (Å²) >= 11 is 1.19. The average Bonchev–Trinajstić information content (AvgIpc) is 2.51. The van der Waals surface area contributed by atoms with Crippen LogP contribution in [0.2, 0.25) is 0 Å². The molecule has 1 heterocycles. The molecule has 0 spiro atoms. The number of nitrogens with zero attached hydrogens (tertiary/aromatic N) is 2. The van der Waals surface area contributed by atoms with Crippen molar-refractivity contribution in [3.63, 3.8) is 0 Å². The van der Waals surface area contributed by atoms with Crippen LogP contribution in [0, 0.1) is 5.92 Å². The Balaban J connectivity index is 2.40. The number of rotatable bonds is 3. The summed E-state index contributed by atoms with van der Waals surface area (Å²) in [7, 11) is 0. The van der Waals surface area contributed by atoms with Crippen LogP contribution in [0.25, 0.3) is 0 Å². The highest BCUT2D eigenvalue weighted by atomic mass is 32.1. The molecule has 0 saturated heterocycles. The van der Waals surface area contributed by atoms with E-state index < -0.39 is 0 Å². The summed E-state index contributed by atoms with van der Waals surface area (Å²) in [6.45, 7) is 4.39. The number of hydrogen-bond donors (Lipinski definition) is 0. The van der Waals surface area contributed by atoms with Gasteiger partial charge < -0.3 is 4.74 Å². The van der Waals surface area contributed by atoms with Gasteiger partial charge in [-0.3, -0.25) is 0 Å². The van der Waals surface area contributed by atoms with Crippen LogP contribution >= 0.6 is 11.3 Å². The van der Waals surface area contributed by atoms with E-state index in [4.69, 9.17) is 4.74 Å². The first-order valence-corrected chi connectivity index (χ1v) is 4.51. The molecule has 0 saturated carbocycles. The van der Waals surface area contributed by atoms with Crippen molar-refractivity contribution in [3.8, 4) is 0 Å². The molecular formula is C7H10N2O2S. The molecule has 0 amide bonds. The lowest BCUT2D eigenvalue weighted by atomic mass is 10.2. The summed E-state index contributed by atoms with van der Waals surface area (Å²) < 4.78 is 4.92. The first kappa shape index (κ1) is 9.12. The number of carbonyl (C=O) groups is 1. The second kappa shape index (κ2) is 4.15. The predicted octanol–water partition coefficient (Wildman–Crippen LogP) is 1.35. The van der Waals surface area contributed by atoms with Crippen LogP contribution < -0.4 is 0 Å². The molecule has 1 aromatic rings. The molecule has 0 N–H and O–H groups in total. The van der Waals surface area contributed by atoms with Crippen molar-refractivity contribution in [1.29, 1.82) is 0 Å². The topological polar surface area (TPSA) is 52.1 Å². The van der Waals surface area contributed by atoms with E-state index >= 15 is 0 Å². The van der Waals surface area contributed by atoms with Crippen LogP contribution in [0.15, 0.2) is 5.51 Å². The van der Waals surface area contributed by atoms with E-state index in [0.717, 1.165) is 0 Å². The van der Waals surface area contributed by atoms with Gasteiger partial charge in [0.05, 0.1) is 6.61 Å². The lowest BCUT2D eigenvalue weighted by Crippen LogP contribution is -2.09. The largest absolute Gasteiger partial charge is 0.460 e. The van der Waals surface area contributed by atoms with Gasteiger partial charge in [0.1, 0.15) is 5.51 Å². The fourth-order valence-corrected chi connectivity index (χ4v) is 1.01. The highest BCUT2D eigenvalue weighted by Gasteiger charge is 2.10. The zero-order chi connectivity index (χ0) is 8.97. The molecule has 5 heteroatoms. The van der Waals surface area contributed by atoms with Gasteiger partial charge in [-0.15, -0.1) is 10.2 Å². The Morgan fingerprint density at radius 2 is 2.50 bits per heavy atom. The van der Waals surface area contributed by atoms with Gasteiger partial charge in [0.2, 0.25) is 5.01 Å². The summed E-state index contributed by atoms with van der Waals surface area (Å²) in [6, 6.07) is 0. The van der Waals surface area contributed by atoms with Gasteiger partial charge in [-0.2, -0.15) is 0 Å². The molecule has 4 nitrogen and oxygen atoms in total. The van der Waals surface area contributed by atoms with Crippen LogP contribution in [0.1, 0.15) is 23.6 Å². The first-order chi connectivity index (χ1) is 5.70. The van der Waals surface area contributed by atoms with E-state index in [2.05, 4.69) is 10.2 Å². The van der Waals surface area contributed by atoms with Crippen LogP contribution in [-0.2, 0) is 4.74 Å². The quantitative estimate of drug-likeness (QED) is 0.669. The number of esters is 1. The van der Waals surface area contributed by atoms with Gasteiger partial charge in [-0.05, 0) is 5.92 Å². The smallest absolute Gasteiger partial charge is 0.369 e. The van der Waals surface area contributed by atoms with Crippen molar-refractivity contribution < 1.29 is 9.53 Å². The van der Waals surface area contributed by atoms with Gasteiger partial charge in [0.15, 0.2) is 0 Å². The molecule has 1 aromatic heterocycles. The maximum Gasteiger partial charge on any atom is 0.369 e. The summed E-state index contributed by atoms with van der Waals surface area (Å²) in [4.78, 5) is 11.1. The Bertz CT molecular complexity index is 246. The molecule has 0 fully saturated rings. The third kappa shape index (κ3) is 2.58. The van der Waals surface area contributed by atoms with E-state index in [0.29, 0.717) is 17.5 Å². The van der Waals surface area contributed by atoms with Gasteiger partial charge >= 0.3 is 5.97 Å². The molecule has 0 bridgehead atoms. The molecule has 0 unspecified atom stereocenters. The second-order valence-corrected chi connectivity index (χ2v) is 3.57. The van der Waals surface area contributed by atoms with E-state index in [1.807, 2.05) is 13.8 Å². The summed E-state index contributed by atoms with van der Waals surface area (Å²) in [5.41, 5.74) is 1.51. The minimum absolute atomic E-state index is 0.315. The Kier molecular flexibility index (Phi) is 3.16. The zero-order valence-electron chi connectivity index (χ0n) is 6.98. The molecular weight excluding hydrogens is 176 g/mol. The molecule has 0 atom stereocenters. The third-order valence-electron chi connectivity index (χ3n) is 1.08. The fourth-order valence-electron chi connectivity index (χ4n) is 0.566. The Morgan fingerprint density at radius 3 is 3.00 bits per heavy atom. The molecule has 12 heavy (non-hydrogen) atoms. The first-order valence-electron chi connectivity index (χ1n) is 3.63. The highest BCUT2D eigenvalue weighted by molar-refractivity contribution is 7.11. The molecule has 0 aliphatic carbocycles. The normalized spacial score (nSPS) is 10.2. The summed E-state index contributed by atoms with van der Waals surface area (Å²) in [6.07, 6.45) is 0. The van der Waals surface area contributed by atoms with Gasteiger partial charge in [-0.25, -0.2) is 4.79 Å². The van der Waals surface area contributed by atoms with Crippen molar-refractivity contribution >= 4 is 17.3 Å². The molecule has 66 valence electrons. The number of aromatic nitrogens is 2. The monoisotopic (exact) mass is 186 g/mol. The predicted molar refractivity (Wildman–Crippen MR) is 45.0 cm³/mol. The minimum atomic E-state index is -0.383. The molecule has 0 radical (unpaired) electrons. The van der Waals surface area contributed by atoms with Crippen LogP contribution in [-0.4, -0.2) is 22.8 Å². The van der Waals surface area contributed by atoms with Crippen LogP contribution in [0.5, 0.6) is 0 Å². The van der Waals surface area contributed by atoms with Crippen molar-refractivity contribution in [2.75, 3.05) is 6.61 Å².